The van der Waals surface area contributed by atoms with E-state index in [-0.39, 0.29) is 44.9 Å². The van der Waals surface area contributed by atoms with Crippen LogP contribution >= 0.6 is 23.2 Å². The number of rotatable bonds is 5. The third-order valence-corrected chi connectivity index (χ3v) is 4.85. The summed E-state index contributed by atoms with van der Waals surface area (Å²) in [6.07, 6.45) is 0.427. The zero-order valence-corrected chi connectivity index (χ0v) is 16.1. The average Bonchev–Trinajstić information content (AvgIpc) is 2.68. The molecule has 0 radical (unpaired) electrons. The Balaban J connectivity index is 2.08. The molecule has 1 aromatic heterocycles. The number of benzene rings is 2. The van der Waals surface area contributed by atoms with Crippen LogP contribution in [0.15, 0.2) is 35.1 Å². The lowest BCUT2D eigenvalue weighted by atomic mass is 10.1. The Hall–Kier alpha value is -2.74. The van der Waals surface area contributed by atoms with Gasteiger partial charge in [0.1, 0.15) is 0 Å². The molecule has 0 bridgehead atoms. The van der Waals surface area contributed by atoms with Gasteiger partial charge in [-0.1, -0.05) is 23.2 Å². The highest BCUT2D eigenvalue weighted by atomic mass is 35.5. The molecule has 3 aromatic rings. The number of H-pyrrole nitrogens is 1. The van der Waals surface area contributed by atoms with E-state index in [1.54, 1.807) is 12.1 Å². The first-order valence-electron chi connectivity index (χ1n) is 8.36. The lowest BCUT2D eigenvalue weighted by Crippen LogP contribution is -2.25. The summed E-state index contributed by atoms with van der Waals surface area (Å²) in [6.45, 7) is 0.278. The number of aromatic amines is 1. The number of amides is 1. The number of fused-ring (bicyclic) bond motifs is 1. The van der Waals surface area contributed by atoms with E-state index in [2.05, 4.69) is 10.3 Å². The first-order chi connectivity index (χ1) is 13.3. The molecule has 9 heteroatoms. The van der Waals surface area contributed by atoms with Gasteiger partial charge in [0.25, 0.3) is 5.91 Å². The number of anilines is 1. The summed E-state index contributed by atoms with van der Waals surface area (Å²) in [4.78, 5) is 27.8. The molecular weight excluding hydrogens is 405 g/mol. The molecule has 0 fully saturated rings. The Labute approximate surface area is 169 Å². The number of carbonyl (C=O) groups excluding carboxylic acids is 1. The standard InChI is InChI=1S/C19H17Cl2N3O4/c20-12-7-10(8-13(21)15(12)22)16-18(27)17(26)11-6-9(2-3-14(11)24-16)19(28)23-4-1-5-25/h2-3,6-8,25,27H,1,4-5,22H2,(H,23,28)(H,24,26). The molecular formula is C19H17Cl2N3O4. The Morgan fingerprint density at radius 3 is 2.50 bits per heavy atom. The fourth-order valence-corrected chi connectivity index (χ4v) is 3.22. The number of nitrogen functional groups attached to an aromatic ring is 1. The molecule has 0 atom stereocenters. The van der Waals surface area contributed by atoms with Crippen molar-refractivity contribution in [3.8, 4) is 17.0 Å². The predicted molar refractivity (Wildman–Crippen MR) is 110 cm³/mol. The summed E-state index contributed by atoms with van der Waals surface area (Å²) in [6, 6.07) is 7.50. The van der Waals surface area contributed by atoms with E-state index in [1.165, 1.54) is 18.2 Å². The lowest BCUT2D eigenvalue weighted by molar-refractivity contribution is 0.0951. The molecule has 0 aliphatic carbocycles. The Morgan fingerprint density at radius 1 is 1.18 bits per heavy atom. The molecule has 1 heterocycles. The number of aliphatic hydroxyl groups excluding tert-OH is 1. The van der Waals surface area contributed by atoms with Crippen molar-refractivity contribution < 1.29 is 15.0 Å². The molecule has 0 aliphatic heterocycles. The van der Waals surface area contributed by atoms with E-state index < -0.39 is 11.2 Å². The minimum absolute atomic E-state index is 0.0342. The van der Waals surface area contributed by atoms with Crippen molar-refractivity contribution in [1.82, 2.24) is 10.3 Å². The van der Waals surface area contributed by atoms with Gasteiger partial charge in [0.15, 0.2) is 5.75 Å². The van der Waals surface area contributed by atoms with E-state index in [1.807, 2.05) is 0 Å². The molecule has 6 N–H and O–H groups in total. The number of nitrogens with two attached hydrogens (primary N) is 1. The van der Waals surface area contributed by atoms with Gasteiger partial charge in [0.2, 0.25) is 5.43 Å². The molecule has 0 unspecified atom stereocenters. The summed E-state index contributed by atoms with van der Waals surface area (Å²) < 4.78 is 0. The number of aromatic hydroxyl groups is 1. The number of aromatic nitrogens is 1. The molecule has 2 aromatic carbocycles. The minimum Gasteiger partial charge on any atom is -0.503 e. The van der Waals surface area contributed by atoms with Gasteiger partial charge in [-0.05, 0) is 36.8 Å². The van der Waals surface area contributed by atoms with Gasteiger partial charge in [-0.15, -0.1) is 0 Å². The van der Waals surface area contributed by atoms with Crippen LogP contribution in [0.5, 0.6) is 5.75 Å². The quantitative estimate of drug-likeness (QED) is 0.319. The minimum atomic E-state index is -0.641. The summed E-state index contributed by atoms with van der Waals surface area (Å²) >= 11 is 12.1. The first-order valence-corrected chi connectivity index (χ1v) is 9.12. The smallest absolute Gasteiger partial charge is 0.251 e. The topological polar surface area (TPSA) is 128 Å². The molecule has 1 amide bonds. The van der Waals surface area contributed by atoms with Gasteiger partial charge in [-0.3, -0.25) is 9.59 Å². The molecule has 3 rings (SSSR count). The van der Waals surface area contributed by atoms with Crippen LogP contribution in [0.25, 0.3) is 22.2 Å². The average molecular weight is 422 g/mol. The van der Waals surface area contributed by atoms with Crippen LogP contribution in [0.3, 0.4) is 0 Å². The van der Waals surface area contributed by atoms with Gasteiger partial charge in [0, 0.05) is 24.3 Å². The normalized spacial score (nSPS) is 11.0. The summed E-state index contributed by atoms with van der Waals surface area (Å²) in [5.41, 5.74) is 6.51. The van der Waals surface area contributed by atoms with Crippen molar-refractivity contribution in [2.75, 3.05) is 18.9 Å². The van der Waals surface area contributed by atoms with Crippen molar-refractivity contribution in [3.05, 3.63) is 56.2 Å². The largest absolute Gasteiger partial charge is 0.503 e. The second-order valence-corrected chi connectivity index (χ2v) is 6.94. The maximum absolute atomic E-state index is 12.7. The van der Waals surface area contributed by atoms with Gasteiger partial charge < -0.3 is 26.2 Å². The fourth-order valence-electron chi connectivity index (χ4n) is 2.74. The van der Waals surface area contributed by atoms with Gasteiger partial charge >= 0.3 is 0 Å². The monoisotopic (exact) mass is 421 g/mol. The SMILES string of the molecule is Nc1c(Cl)cc(-c2[nH]c3ccc(C(=O)NCCCO)cc3c(=O)c2O)cc1Cl. The molecule has 0 saturated heterocycles. The molecule has 0 saturated carbocycles. The summed E-state index contributed by atoms with van der Waals surface area (Å²) in [5, 5.41) is 22.4. The second-order valence-electron chi connectivity index (χ2n) is 6.12. The molecule has 146 valence electrons. The van der Waals surface area contributed by atoms with Crippen LogP contribution in [-0.4, -0.2) is 34.3 Å². The Morgan fingerprint density at radius 2 is 1.86 bits per heavy atom. The third kappa shape index (κ3) is 3.77. The van der Waals surface area contributed by atoms with Crippen molar-refractivity contribution in [3.63, 3.8) is 0 Å². The first kappa shape index (κ1) is 20.0. The van der Waals surface area contributed by atoms with Crippen molar-refractivity contribution in [2.45, 2.75) is 6.42 Å². The predicted octanol–water partition coefficient (Wildman–Crippen LogP) is 2.90. The lowest BCUT2D eigenvalue weighted by Gasteiger charge is -2.11. The molecule has 0 spiro atoms. The van der Waals surface area contributed by atoms with Crippen LogP contribution in [0.1, 0.15) is 16.8 Å². The summed E-state index contributed by atoms with van der Waals surface area (Å²) in [5.74, 6) is -0.905. The highest BCUT2D eigenvalue weighted by Gasteiger charge is 2.16. The second kappa shape index (κ2) is 8.10. The summed E-state index contributed by atoms with van der Waals surface area (Å²) in [7, 11) is 0. The van der Waals surface area contributed by atoms with Crippen LogP contribution in [0.4, 0.5) is 5.69 Å². The maximum Gasteiger partial charge on any atom is 0.251 e. The van der Waals surface area contributed by atoms with E-state index in [0.29, 0.717) is 24.0 Å². The van der Waals surface area contributed by atoms with Gasteiger partial charge in [0.05, 0.1) is 32.3 Å². The zero-order valence-electron chi connectivity index (χ0n) is 14.6. The van der Waals surface area contributed by atoms with Crippen LogP contribution < -0.4 is 16.5 Å². The number of nitrogens with one attached hydrogen (secondary N) is 2. The highest BCUT2D eigenvalue weighted by Crippen LogP contribution is 2.35. The van der Waals surface area contributed by atoms with Crippen LogP contribution in [0.2, 0.25) is 10.0 Å². The van der Waals surface area contributed by atoms with Crippen molar-refractivity contribution in [1.29, 1.82) is 0 Å². The molecule has 7 nitrogen and oxygen atoms in total. The fraction of sp³-hybridized carbons (Fsp3) is 0.158. The Bertz CT molecular complexity index is 1110. The number of hydrogen-bond acceptors (Lipinski definition) is 5. The van der Waals surface area contributed by atoms with E-state index in [0.717, 1.165) is 0 Å². The number of hydrogen-bond donors (Lipinski definition) is 5. The molecule has 0 aliphatic rings. The van der Waals surface area contributed by atoms with Gasteiger partial charge in [-0.2, -0.15) is 0 Å². The van der Waals surface area contributed by atoms with E-state index >= 15 is 0 Å². The van der Waals surface area contributed by atoms with Gasteiger partial charge in [-0.25, -0.2) is 0 Å². The highest BCUT2D eigenvalue weighted by molar-refractivity contribution is 6.39. The van der Waals surface area contributed by atoms with E-state index in [9.17, 15) is 14.7 Å². The number of aliphatic hydroxyl groups is 1. The maximum atomic E-state index is 12.7. The molecule has 28 heavy (non-hydrogen) atoms. The van der Waals surface area contributed by atoms with E-state index in [4.69, 9.17) is 34.0 Å². The Kier molecular flexibility index (Phi) is 5.79. The van der Waals surface area contributed by atoms with Crippen LogP contribution in [0, 0.1) is 0 Å². The van der Waals surface area contributed by atoms with Crippen LogP contribution in [-0.2, 0) is 0 Å². The number of halogens is 2. The zero-order chi connectivity index (χ0) is 20.4. The van der Waals surface area contributed by atoms with Crippen molar-refractivity contribution >= 4 is 45.7 Å². The third-order valence-electron chi connectivity index (χ3n) is 4.23. The van der Waals surface area contributed by atoms with Crippen molar-refractivity contribution in [2.24, 2.45) is 0 Å². The number of pyridine rings is 1. The number of carbonyl (C=O) groups is 1.